The summed E-state index contributed by atoms with van der Waals surface area (Å²) in [5.41, 5.74) is 4.75. The minimum absolute atomic E-state index is 0.0773. The van der Waals surface area contributed by atoms with Gasteiger partial charge < -0.3 is 9.64 Å². The van der Waals surface area contributed by atoms with E-state index in [0.29, 0.717) is 36.2 Å². The van der Waals surface area contributed by atoms with Crippen LogP contribution in [0.15, 0.2) is 48.7 Å². The number of anilines is 1. The van der Waals surface area contributed by atoms with E-state index in [-0.39, 0.29) is 18.4 Å². The van der Waals surface area contributed by atoms with Crippen LogP contribution in [0, 0.1) is 13.8 Å². The third-order valence-corrected chi connectivity index (χ3v) is 5.67. The Balaban J connectivity index is 1.93. The first-order chi connectivity index (χ1) is 15.8. The summed E-state index contributed by atoms with van der Waals surface area (Å²) in [6.07, 6.45) is 2.19. The second-order valence-corrected chi connectivity index (χ2v) is 8.24. The van der Waals surface area contributed by atoms with E-state index >= 15 is 0 Å². The highest BCUT2D eigenvalue weighted by atomic mass is 35.5. The highest BCUT2D eigenvalue weighted by molar-refractivity contribution is 6.30. The van der Waals surface area contributed by atoms with E-state index in [4.69, 9.17) is 16.3 Å². The number of ether oxygens (including phenoxy) is 1. The molecule has 2 aromatic carbocycles. The average molecular weight is 469 g/mol. The van der Waals surface area contributed by atoms with Gasteiger partial charge in [-0.2, -0.15) is 0 Å². The standard InChI is InChI=1S/C25H29ClN4O3/c1-5-24(32)29(12-13-33-4)16-23(31)28-25-27-22(19-7-9-20(26)10-8-19)15-30(25)21-11-6-17(2)18(3)14-21/h6-11,14-15H,5,12-13,16H2,1-4H3,(H,27,28,31). The molecule has 0 aliphatic carbocycles. The molecular formula is C25H29ClN4O3. The molecule has 8 heteroatoms. The third-order valence-electron chi connectivity index (χ3n) is 5.42. The van der Waals surface area contributed by atoms with Crippen LogP contribution in [-0.2, 0) is 14.3 Å². The molecule has 174 valence electrons. The first kappa shape index (κ1) is 24.5. The van der Waals surface area contributed by atoms with Crippen molar-refractivity contribution in [3.63, 3.8) is 0 Å². The van der Waals surface area contributed by atoms with Crippen molar-refractivity contribution in [3.05, 3.63) is 64.8 Å². The van der Waals surface area contributed by atoms with E-state index < -0.39 is 0 Å². The van der Waals surface area contributed by atoms with Crippen LogP contribution in [0.2, 0.25) is 5.02 Å². The number of imidazole rings is 1. The second kappa shape index (κ2) is 11.1. The van der Waals surface area contributed by atoms with Crippen LogP contribution in [0.4, 0.5) is 5.95 Å². The van der Waals surface area contributed by atoms with Gasteiger partial charge in [0.2, 0.25) is 17.8 Å². The molecule has 0 fully saturated rings. The summed E-state index contributed by atoms with van der Waals surface area (Å²) in [4.78, 5) is 31.3. The fraction of sp³-hybridized carbons (Fsp3) is 0.320. The smallest absolute Gasteiger partial charge is 0.246 e. The maximum atomic E-state index is 12.9. The van der Waals surface area contributed by atoms with Gasteiger partial charge in [0.1, 0.15) is 6.54 Å². The van der Waals surface area contributed by atoms with Gasteiger partial charge in [0.15, 0.2) is 0 Å². The van der Waals surface area contributed by atoms with Crippen molar-refractivity contribution >= 4 is 29.4 Å². The number of benzene rings is 2. The Hall–Kier alpha value is -3.16. The van der Waals surface area contributed by atoms with Crippen molar-refractivity contribution in [3.8, 4) is 16.9 Å². The molecule has 1 aromatic heterocycles. The monoisotopic (exact) mass is 468 g/mol. The van der Waals surface area contributed by atoms with Crippen molar-refractivity contribution < 1.29 is 14.3 Å². The number of nitrogens with one attached hydrogen (secondary N) is 1. The lowest BCUT2D eigenvalue weighted by Gasteiger charge is -2.21. The van der Waals surface area contributed by atoms with E-state index in [1.54, 1.807) is 26.2 Å². The third kappa shape index (κ3) is 6.21. The quantitative estimate of drug-likeness (QED) is 0.496. The predicted octanol–water partition coefficient (Wildman–Crippen LogP) is 4.63. The van der Waals surface area contributed by atoms with E-state index in [2.05, 4.69) is 10.3 Å². The van der Waals surface area contributed by atoms with Crippen LogP contribution >= 0.6 is 11.6 Å². The SMILES string of the molecule is CCC(=O)N(CCOC)CC(=O)Nc1nc(-c2ccc(Cl)cc2)cn1-c1ccc(C)c(C)c1. The number of carbonyl (C=O) groups is 2. The summed E-state index contributed by atoms with van der Waals surface area (Å²) < 4.78 is 6.92. The minimum Gasteiger partial charge on any atom is -0.383 e. The van der Waals surface area contributed by atoms with Gasteiger partial charge in [-0.1, -0.05) is 36.7 Å². The van der Waals surface area contributed by atoms with Gasteiger partial charge in [-0.05, 0) is 49.2 Å². The Morgan fingerprint density at radius 3 is 2.48 bits per heavy atom. The van der Waals surface area contributed by atoms with Gasteiger partial charge in [-0.3, -0.25) is 19.5 Å². The molecular weight excluding hydrogens is 440 g/mol. The van der Waals surface area contributed by atoms with Crippen LogP contribution in [0.1, 0.15) is 24.5 Å². The molecule has 1 N–H and O–H groups in total. The molecule has 0 radical (unpaired) electrons. The number of hydrogen-bond acceptors (Lipinski definition) is 4. The predicted molar refractivity (Wildman–Crippen MR) is 131 cm³/mol. The van der Waals surface area contributed by atoms with Crippen molar-refractivity contribution in [2.45, 2.75) is 27.2 Å². The molecule has 2 amide bonds. The number of rotatable bonds is 9. The lowest BCUT2D eigenvalue weighted by molar-refractivity contribution is -0.135. The number of hydrogen-bond donors (Lipinski definition) is 1. The van der Waals surface area contributed by atoms with Crippen LogP contribution < -0.4 is 5.32 Å². The molecule has 3 rings (SSSR count). The number of nitrogens with zero attached hydrogens (tertiary/aromatic N) is 3. The van der Waals surface area contributed by atoms with Gasteiger partial charge in [-0.15, -0.1) is 0 Å². The summed E-state index contributed by atoms with van der Waals surface area (Å²) in [7, 11) is 1.56. The van der Waals surface area contributed by atoms with Crippen molar-refractivity contribution in [1.82, 2.24) is 14.5 Å². The highest BCUT2D eigenvalue weighted by Crippen LogP contribution is 2.26. The molecule has 0 spiro atoms. The van der Waals surface area contributed by atoms with E-state index in [9.17, 15) is 9.59 Å². The first-order valence-corrected chi connectivity index (χ1v) is 11.2. The van der Waals surface area contributed by atoms with Crippen LogP contribution in [0.25, 0.3) is 16.9 Å². The van der Waals surface area contributed by atoms with Crippen molar-refractivity contribution in [2.24, 2.45) is 0 Å². The lowest BCUT2D eigenvalue weighted by atomic mass is 10.1. The summed E-state index contributed by atoms with van der Waals surface area (Å²) in [5.74, 6) is -0.0587. The largest absolute Gasteiger partial charge is 0.383 e. The molecule has 0 saturated heterocycles. The Morgan fingerprint density at radius 1 is 1.12 bits per heavy atom. The molecule has 0 bridgehead atoms. The summed E-state index contributed by atoms with van der Waals surface area (Å²) in [5, 5.41) is 3.52. The average Bonchev–Trinajstić information content (AvgIpc) is 3.21. The maximum Gasteiger partial charge on any atom is 0.246 e. The summed E-state index contributed by atoms with van der Waals surface area (Å²) in [6, 6.07) is 13.4. The number of amides is 2. The fourth-order valence-electron chi connectivity index (χ4n) is 3.36. The molecule has 0 aliphatic heterocycles. The Morgan fingerprint density at radius 2 is 1.85 bits per heavy atom. The normalized spacial score (nSPS) is 10.8. The number of carbonyl (C=O) groups excluding carboxylic acids is 2. The summed E-state index contributed by atoms with van der Waals surface area (Å²) in [6.45, 7) is 6.48. The zero-order chi connectivity index (χ0) is 24.0. The van der Waals surface area contributed by atoms with Gasteiger partial charge in [0, 0.05) is 42.5 Å². The molecule has 0 atom stereocenters. The Kier molecular flexibility index (Phi) is 8.25. The molecule has 3 aromatic rings. The fourth-order valence-corrected chi connectivity index (χ4v) is 3.48. The zero-order valence-corrected chi connectivity index (χ0v) is 20.1. The first-order valence-electron chi connectivity index (χ1n) is 10.8. The van der Waals surface area contributed by atoms with Gasteiger partial charge in [0.25, 0.3) is 0 Å². The number of aromatic nitrogens is 2. The Labute approximate surface area is 199 Å². The summed E-state index contributed by atoms with van der Waals surface area (Å²) >= 11 is 6.03. The molecule has 1 heterocycles. The number of methoxy groups -OCH3 is 1. The van der Waals surface area contributed by atoms with Gasteiger partial charge in [-0.25, -0.2) is 4.98 Å². The topological polar surface area (TPSA) is 76.5 Å². The molecule has 0 saturated carbocycles. The second-order valence-electron chi connectivity index (χ2n) is 7.81. The highest BCUT2D eigenvalue weighted by Gasteiger charge is 2.19. The number of halogens is 1. The molecule has 0 aliphatic rings. The molecule has 7 nitrogen and oxygen atoms in total. The van der Waals surface area contributed by atoms with Crippen molar-refractivity contribution in [2.75, 3.05) is 32.1 Å². The van der Waals surface area contributed by atoms with E-state index in [1.165, 1.54) is 10.5 Å². The molecule has 33 heavy (non-hydrogen) atoms. The van der Waals surface area contributed by atoms with E-state index in [1.807, 2.05) is 54.9 Å². The van der Waals surface area contributed by atoms with Gasteiger partial charge >= 0.3 is 0 Å². The number of aryl methyl sites for hydroxylation is 2. The van der Waals surface area contributed by atoms with Crippen LogP contribution in [0.5, 0.6) is 0 Å². The van der Waals surface area contributed by atoms with E-state index in [0.717, 1.165) is 16.8 Å². The van der Waals surface area contributed by atoms with Crippen LogP contribution in [-0.4, -0.2) is 53.1 Å². The van der Waals surface area contributed by atoms with Gasteiger partial charge in [0.05, 0.1) is 12.3 Å². The maximum absolute atomic E-state index is 12.9. The molecule has 0 unspecified atom stereocenters. The lowest BCUT2D eigenvalue weighted by Crippen LogP contribution is -2.39. The minimum atomic E-state index is -0.328. The van der Waals surface area contributed by atoms with Crippen LogP contribution in [0.3, 0.4) is 0 Å². The van der Waals surface area contributed by atoms with Crippen molar-refractivity contribution in [1.29, 1.82) is 0 Å². The Bertz CT molecular complexity index is 1130. The zero-order valence-electron chi connectivity index (χ0n) is 19.4.